The highest BCUT2D eigenvalue weighted by Gasteiger charge is 2.20. The Morgan fingerprint density at radius 3 is 2.37 bits per heavy atom. The first kappa shape index (κ1) is 22.5. The number of aromatic nitrogens is 2. The van der Waals surface area contributed by atoms with Crippen molar-refractivity contribution in [2.75, 3.05) is 23.3 Å². The zero-order valence-corrected chi connectivity index (χ0v) is 19.5. The van der Waals surface area contributed by atoms with E-state index in [0.717, 1.165) is 0 Å². The van der Waals surface area contributed by atoms with E-state index in [1.54, 1.807) is 32.0 Å². The van der Waals surface area contributed by atoms with Crippen molar-refractivity contribution >= 4 is 27.5 Å². The number of carbonyl (C=O) groups excluding carboxylic acids is 1. The number of hydrogen-bond acceptors (Lipinski definition) is 9. The van der Waals surface area contributed by atoms with Crippen LogP contribution in [0, 0.1) is 13.8 Å². The third kappa shape index (κ3) is 4.55. The van der Waals surface area contributed by atoms with Gasteiger partial charge in [-0.05, 0) is 56.3 Å². The zero-order chi connectivity index (χ0) is 24.6. The van der Waals surface area contributed by atoms with Crippen LogP contribution in [0.3, 0.4) is 0 Å². The minimum Gasteiger partial charge on any atom is -0.486 e. The van der Waals surface area contributed by atoms with Crippen LogP contribution < -0.4 is 19.5 Å². The molecule has 5 rings (SSSR count). The minimum absolute atomic E-state index is 0.00807. The van der Waals surface area contributed by atoms with Crippen molar-refractivity contribution in [2.45, 2.75) is 18.7 Å². The van der Waals surface area contributed by atoms with Gasteiger partial charge in [-0.15, -0.1) is 0 Å². The third-order valence-electron chi connectivity index (χ3n) is 5.38. The number of hydrogen-bond donors (Lipinski definition) is 2. The molecule has 0 fully saturated rings. The van der Waals surface area contributed by atoms with E-state index < -0.39 is 15.9 Å². The van der Waals surface area contributed by atoms with Crippen LogP contribution in [0.25, 0.3) is 11.3 Å². The van der Waals surface area contributed by atoms with Crippen molar-refractivity contribution in [3.63, 3.8) is 0 Å². The van der Waals surface area contributed by atoms with Crippen LogP contribution >= 0.6 is 0 Å². The number of carbonyl (C=O) groups is 1. The molecule has 2 N–H and O–H groups in total. The first-order valence-corrected chi connectivity index (χ1v) is 12.0. The quantitative estimate of drug-likeness (QED) is 0.407. The molecular formula is C23H20N4O7S. The molecule has 0 saturated carbocycles. The smallest absolute Gasteiger partial charge is 0.277 e. The number of anilines is 2. The third-order valence-corrected chi connectivity index (χ3v) is 6.72. The zero-order valence-electron chi connectivity index (χ0n) is 18.7. The summed E-state index contributed by atoms with van der Waals surface area (Å²) in [6.45, 7) is 4.35. The molecule has 4 aromatic rings. The molecule has 180 valence electrons. The highest BCUT2D eigenvalue weighted by atomic mass is 32.2. The van der Waals surface area contributed by atoms with E-state index in [4.69, 9.17) is 18.5 Å². The average molecular weight is 497 g/mol. The molecule has 0 radical (unpaired) electrons. The lowest BCUT2D eigenvalue weighted by molar-refractivity contribution is 0.101. The molecule has 11 nitrogen and oxygen atoms in total. The Labute approximate surface area is 200 Å². The Morgan fingerprint density at radius 1 is 0.914 bits per heavy atom. The lowest BCUT2D eigenvalue weighted by Gasteiger charge is -2.18. The molecule has 2 aromatic heterocycles. The van der Waals surface area contributed by atoms with Gasteiger partial charge < -0.3 is 23.8 Å². The summed E-state index contributed by atoms with van der Waals surface area (Å²) in [6.07, 6.45) is 0. The summed E-state index contributed by atoms with van der Waals surface area (Å²) >= 11 is 0. The van der Waals surface area contributed by atoms with Crippen molar-refractivity contribution in [3.8, 4) is 22.8 Å². The Hall–Kier alpha value is -4.32. The Balaban J connectivity index is 1.27. The SMILES string of the molecule is Cc1noc(NS(=O)(=O)c2ccc(NC(=O)c3cc(-c4ccc5c(c4)OCCO5)on3)cc2)c1C. The maximum absolute atomic E-state index is 12.6. The monoisotopic (exact) mass is 496 g/mol. The first-order valence-electron chi connectivity index (χ1n) is 10.5. The molecule has 12 heteroatoms. The minimum atomic E-state index is -3.90. The van der Waals surface area contributed by atoms with E-state index in [2.05, 4.69) is 20.4 Å². The van der Waals surface area contributed by atoms with Gasteiger partial charge in [0.1, 0.15) is 13.2 Å². The van der Waals surface area contributed by atoms with Crippen molar-refractivity contribution in [1.29, 1.82) is 0 Å². The van der Waals surface area contributed by atoms with Crippen LogP contribution in [-0.4, -0.2) is 37.9 Å². The number of benzene rings is 2. The summed E-state index contributed by atoms with van der Waals surface area (Å²) < 4.78 is 49.0. The van der Waals surface area contributed by atoms with Crippen LogP contribution in [0.5, 0.6) is 11.5 Å². The fraction of sp³-hybridized carbons (Fsp3) is 0.174. The van der Waals surface area contributed by atoms with Crippen LogP contribution in [0.15, 0.2) is 62.5 Å². The summed E-state index contributed by atoms with van der Waals surface area (Å²) in [5, 5.41) is 10.2. The summed E-state index contributed by atoms with van der Waals surface area (Å²) in [4.78, 5) is 12.6. The normalized spacial score (nSPS) is 12.9. The van der Waals surface area contributed by atoms with Crippen molar-refractivity contribution in [2.24, 2.45) is 0 Å². The van der Waals surface area contributed by atoms with Crippen molar-refractivity contribution in [3.05, 3.63) is 65.5 Å². The second kappa shape index (κ2) is 8.80. The van der Waals surface area contributed by atoms with E-state index in [1.165, 1.54) is 30.3 Å². The Bertz CT molecular complexity index is 1510. The Morgan fingerprint density at radius 2 is 1.66 bits per heavy atom. The molecule has 0 saturated heterocycles. The van der Waals surface area contributed by atoms with Crippen LogP contribution in [0.1, 0.15) is 21.7 Å². The number of amides is 1. The van der Waals surface area contributed by atoms with Gasteiger partial charge in [0.2, 0.25) is 5.88 Å². The highest BCUT2D eigenvalue weighted by Crippen LogP contribution is 2.34. The number of ether oxygens (including phenoxy) is 2. The predicted molar refractivity (Wildman–Crippen MR) is 124 cm³/mol. The summed E-state index contributed by atoms with van der Waals surface area (Å²) in [5.74, 6) is 1.16. The lowest BCUT2D eigenvalue weighted by Crippen LogP contribution is -2.15. The van der Waals surface area contributed by atoms with Gasteiger partial charge in [0.05, 0.1) is 10.6 Å². The van der Waals surface area contributed by atoms with E-state index in [9.17, 15) is 13.2 Å². The number of fused-ring (bicyclic) bond motifs is 1. The second-order valence-corrected chi connectivity index (χ2v) is 9.42. The maximum atomic E-state index is 12.6. The first-order chi connectivity index (χ1) is 16.8. The predicted octanol–water partition coefficient (Wildman–Crippen LogP) is 3.77. The molecule has 2 aromatic carbocycles. The Kier molecular flexibility index (Phi) is 5.65. The van der Waals surface area contributed by atoms with Gasteiger partial charge in [0, 0.05) is 22.9 Å². The second-order valence-electron chi connectivity index (χ2n) is 7.74. The molecule has 3 heterocycles. The summed E-state index contributed by atoms with van der Waals surface area (Å²) in [7, 11) is -3.90. The van der Waals surface area contributed by atoms with Crippen LogP contribution in [-0.2, 0) is 10.0 Å². The molecule has 0 unspecified atom stereocenters. The number of nitrogens with zero attached hydrogens (tertiary/aromatic N) is 2. The van der Waals surface area contributed by atoms with Gasteiger partial charge in [-0.1, -0.05) is 10.3 Å². The molecule has 1 aliphatic rings. The van der Waals surface area contributed by atoms with Crippen molar-refractivity contribution < 1.29 is 31.7 Å². The molecule has 1 amide bonds. The van der Waals surface area contributed by atoms with E-state index in [0.29, 0.717) is 53.0 Å². The maximum Gasteiger partial charge on any atom is 0.277 e. The molecule has 35 heavy (non-hydrogen) atoms. The fourth-order valence-electron chi connectivity index (χ4n) is 3.32. The molecule has 0 bridgehead atoms. The van der Waals surface area contributed by atoms with Crippen LogP contribution in [0.2, 0.25) is 0 Å². The number of rotatable bonds is 6. The molecule has 0 spiro atoms. The van der Waals surface area contributed by atoms with Gasteiger partial charge >= 0.3 is 0 Å². The lowest BCUT2D eigenvalue weighted by atomic mass is 10.1. The topological polar surface area (TPSA) is 146 Å². The van der Waals surface area contributed by atoms with Gasteiger partial charge in [-0.3, -0.25) is 4.79 Å². The van der Waals surface area contributed by atoms with E-state index in [-0.39, 0.29) is 16.5 Å². The molecular weight excluding hydrogens is 476 g/mol. The fourth-order valence-corrected chi connectivity index (χ4v) is 4.37. The molecule has 0 atom stereocenters. The number of aryl methyl sites for hydroxylation is 1. The summed E-state index contributed by atoms with van der Waals surface area (Å²) in [6, 6.07) is 12.5. The van der Waals surface area contributed by atoms with Gasteiger partial charge in [-0.2, -0.15) is 0 Å². The molecule has 0 aliphatic carbocycles. The number of nitrogens with one attached hydrogen (secondary N) is 2. The highest BCUT2D eigenvalue weighted by molar-refractivity contribution is 7.92. The average Bonchev–Trinajstić information content (AvgIpc) is 3.47. The van der Waals surface area contributed by atoms with Gasteiger partial charge in [0.25, 0.3) is 15.9 Å². The largest absolute Gasteiger partial charge is 0.486 e. The molecule has 1 aliphatic heterocycles. The van der Waals surface area contributed by atoms with Crippen LogP contribution in [0.4, 0.5) is 11.6 Å². The van der Waals surface area contributed by atoms with Gasteiger partial charge in [-0.25, -0.2) is 13.1 Å². The summed E-state index contributed by atoms with van der Waals surface area (Å²) in [5.41, 5.74) is 2.31. The van der Waals surface area contributed by atoms with E-state index >= 15 is 0 Å². The van der Waals surface area contributed by atoms with Gasteiger partial charge in [0.15, 0.2) is 23.0 Å². The standard InChI is InChI=1S/C23H20N4O7S/c1-13-14(2)25-34-23(13)27-35(29,30)17-6-4-16(5-7-17)24-22(28)18-12-20(33-26-18)15-3-8-19-21(11-15)32-10-9-31-19/h3-8,11-12,27H,9-10H2,1-2H3,(H,24,28). The number of sulfonamides is 1. The van der Waals surface area contributed by atoms with Crippen molar-refractivity contribution in [1.82, 2.24) is 10.3 Å². The van der Waals surface area contributed by atoms with E-state index in [1.807, 2.05) is 0 Å².